The summed E-state index contributed by atoms with van der Waals surface area (Å²) in [6.45, 7) is 3.35. The highest BCUT2D eigenvalue weighted by Crippen LogP contribution is 2.34. The van der Waals surface area contributed by atoms with Crippen molar-refractivity contribution in [2.24, 2.45) is 0 Å². The van der Waals surface area contributed by atoms with Crippen molar-refractivity contribution in [2.75, 3.05) is 24.0 Å². The summed E-state index contributed by atoms with van der Waals surface area (Å²) in [5, 5.41) is 9.60. The molecule has 0 saturated carbocycles. The second kappa shape index (κ2) is 10.0. The number of thioether (sulfide) groups is 1. The maximum Gasteiger partial charge on any atom is 0.237 e. The van der Waals surface area contributed by atoms with E-state index in [1.165, 1.54) is 11.8 Å². The molecule has 2 heterocycles. The molecule has 0 spiro atoms. The molecule has 3 aromatic carbocycles. The topological polar surface area (TPSA) is 69.5 Å². The molecule has 5 rings (SSSR count). The number of para-hydroxylation sites is 1. The Bertz CT molecular complexity index is 1280. The van der Waals surface area contributed by atoms with E-state index in [1.807, 2.05) is 90.4 Å². The summed E-state index contributed by atoms with van der Waals surface area (Å²) in [5.41, 5.74) is 2.89. The molecule has 0 aliphatic carbocycles. The number of amides is 1. The lowest BCUT2D eigenvalue weighted by Gasteiger charge is -2.20. The SMILES string of the molecule is CCN(C(=O)CSc1nnc(-c2ccccc2)n1Cc1ccc2c(c1)OCO2)c1ccccc1. The lowest BCUT2D eigenvalue weighted by molar-refractivity contribution is -0.116. The zero-order valence-electron chi connectivity index (χ0n) is 18.8. The number of anilines is 1. The van der Waals surface area contributed by atoms with Crippen molar-refractivity contribution in [1.82, 2.24) is 14.8 Å². The Hall–Kier alpha value is -3.78. The summed E-state index contributed by atoms with van der Waals surface area (Å²) in [6, 6.07) is 25.6. The number of hydrogen-bond donors (Lipinski definition) is 0. The summed E-state index contributed by atoms with van der Waals surface area (Å²) >= 11 is 1.40. The predicted molar refractivity (Wildman–Crippen MR) is 132 cm³/mol. The number of fused-ring (bicyclic) bond motifs is 1. The Labute approximate surface area is 202 Å². The fourth-order valence-corrected chi connectivity index (χ4v) is 4.69. The minimum absolute atomic E-state index is 0.0255. The number of ether oxygens (including phenoxy) is 2. The molecule has 0 atom stereocenters. The van der Waals surface area contributed by atoms with E-state index in [0.29, 0.717) is 18.2 Å². The van der Waals surface area contributed by atoms with Crippen molar-refractivity contribution >= 4 is 23.4 Å². The molecule has 172 valence electrons. The second-order valence-electron chi connectivity index (χ2n) is 7.71. The molecular weight excluding hydrogens is 448 g/mol. The molecular formula is C26H24N4O3S. The molecule has 34 heavy (non-hydrogen) atoms. The summed E-state index contributed by atoms with van der Waals surface area (Å²) in [5.74, 6) is 2.52. The maximum atomic E-state index is 13.0. The van der Waals surface area contributed by atoms with Crippen LogP contribution in [0.5, 0.6) is 11.5 Å². The van der Waals surface area contributed by atoms with Crippen LogP contribution in [0.4, 0.5) is 5.69 Å². The van der Waals surface area contributed by atoms with E-state index in [-0.39, 0.29) is 18.5 Å². The van der Waals surface area contributed by atoms with Crippen LogP contribution in [0, 0.1) is 0 Å². The molecule has 0 saturated heterocycles. The minimum Gasteiger partial charge on any atom is -0.454 e. The van der Waals surface area contributed by atoms with Crippen molar-refractivity contribution in [2.45, 2.75) is 18.6 Å². The van der Waals surface area contributed by atoms with Crippen LogP contribution in [0.1, 0.15) is 12.5 Å². The zero-order valence-corrected chi connectivity index (χ0v) is 19.6. The van der Waals surface area contributed by atoms with E-state index in [9.17, 15) is 4.79 Å². The largest absolute Gasteiger partial charge is 0.454 e. The Morgan fingerprint density at radius 3 is 2.47 bits per heavy atom. The number of carbonyl (C=O) groups is 1. The molecule has 0 unspecified atom stereocenters. The van der Waals surface area contributed by atoms with Gasteiger partial charge in [0, 0.05) is 17.8 Å². The van der Waals surface area contributed by atoms with Gasteiger partial charge in [-0.3, -0.25) is 9.36 Å². The fraction of sp³-hybridized carbons (Fsp3) is 0.192. The van der Waals surface area contributed by atoms with Crippen LogP contribution in [-0.4, -0.2) is 39.8 Å². The predicted octanol–water partition coefficient (Wildman–Crippen LogP) is 4.87. The molecule has 0 fully saturated rings. The first-order valence-corrected chi connectivity index (χ1v) is 12.1. The molecule has 0 N–H and O–H groups in total. The van der Waals surface area contributed by atoms with E-state index in [1.54, 1.807) is 4.90 Å². The van der Waals surface area contributed by atoms with Crippen molar-refractivity contribution in [3.63, 3.8) is 0 Å². The standard InChI is InChI=1S/C26H24N4O3S/c1-2-29(21-11-7-4-8-12-21)24(31)17-34-26-28-27-25(20-9-5-3-6-10-20)30(26)16-19-13-14-22-23(15-19)33-18-32-22/h3-15H,2,16-18H2,1H3. The first-order chi connectivity index (χ1) is 16.7. The Morgan fingerprint density at radius 1 is 0.971 bits per heavy atom. The molecule has 1 aromatic heterocycles. The van der Waals surface area contributed by atoms with Gasteiger partial charge >= 0.3 is 0 Å². The average Bonchev–Trinajstić information content (AvgIpc) is 3.51. The van der Waals surface area contributed by atoms with Gasteiger partial charge in [-0.05, 0) is 36.8 Å². The average molecular weight is 473 g/mol. The van der Waals surface area contributed by atoms with Gasteiger partial charge in [0.2, 0.25) is 12.7 Å². The van der Waals surface area contributed by atoms with E-state index in [4.69, 9.17) is 9.47 Å². The molecule has 4 aromatic rings. The summed E-state index contributed by atoms with van der Waals surface area (Å²) in [4.78, 5) is 14.8. The summed E-state index contributed by atoms with van der Waals surface area (Å²) in [6.07, 6.45) is 0. The van der Waals surface area contributed by atoms with Crippen LogP contribution >= 0.6 is 11.8 Å². The number of rotatable bonds is 8. The number of carbonyl (C=O) groups excluding carboxylic acids is 1. The van der Waals surface area contributed by atoms with Gasteiger partial charge in [0.15, 0.2) is 22.5 Å². The van der Waals surface area contributed by atoms with E-state index in [0.717, 1.165) is 34.1 Å². The van der Waals surface area contributed by atoms with E-state index < -0.39 is 0 Å². The van der Waals surface area contributed by atoms with Gasteiger partial charge in [-0.25, -0.2) is 0 Å². The van der Waals surface area contributed by atoms with Crippen molar-refractivity contribution in [1.29, 1.82) is 0 Å². The summed E-state index contributed by atoms with van der Waals surface area (Å²) in [7, 11) is 0. The highest BCUT2D eigenvalue weighted by molar-refractivity contribution is 7.99. The van der Waals surface area contributed by atoms with Crippen molar-refractivity contribution in [3.05, 3.63) is 84.4 Å². The van der Waals surface area contributed by atoms with E-state index >= 15 is 0 Å². The van der Waals surface area contributed by atoms with Gasteiger partial charge in [-0.15, -0.1) is 10.2 Å². The molecule has 7 nitrogen and oxygen atoms in total. The zero-order chi connectivity index (χ0) is 23.3. The third-order valence-corrected chi connectivity index (χ3v) is 6.49. The number of aromatic nitrogens is 3. The first-order valence-electron chi connectivity index (χ1n) is 11.1. The normalized spacial score (nSPS) is 12.0. The number of nitrogens with zero attached hydrogens (tertiary/aromatic N) is 4. The van der Waals surface area contributed by atoms with Gasteiger partial charge in [0.25, 0.3) is 0 Å². The van der Waals surface area contributed by atoms with E-state index in [2.05, 4.69) is 10.2 Å². The molecule has 0 radical (unpaired) electrons. The Balaban J connectivity index is 1.40. The lowest BCUT2D eigenvalue weighted by atomic mass is 10.2. The quantitative estimate of drug-likeness (QED) is 0.341. The fourth-order valence-electron chi connectivity index (χ4n) is 3.88. The number of benzene rings is 3. The highest BCUT2D eigenvalue weighted by Gasteiger charge is 2.20. The van der Waals surface area contributed by atoms with Gasteiger partial charge in [0.1, 0.15) is 0 Å². The molecule has 1 aliphatic heterocycles. The highest BCUT2D eigenvalue weighted by atomic mass is 32.2. The Kier molecular flexibility index (Phi) is 6.49. The molecule has 1 amide bonds. The first kappa shape index (κ1) is 22.0. The third kappa shape index (κ3) is 4.63. The summed E-state index contributed by atoms with van der Waals surface area (Å²) < 4.78 is 13.0. The van der Waals surface area contributed by atoms with Gasteiger partial charge in [0.05, 0.1) is 12.3 Å². The minimum atomic E-state index is 0.0255. The van der Waals surface area contributed by atoms with Crippen LogP contribution < -0.4 is 14.4 Å². The van der Waals surface area contributed by atoms with Gasteiger partial charge in [-0.2, -0.15) is 0 Å². The maximum absolute atomic E-state index is 13.0. The van der Waals surface area contributed by atoms with Crippen LogP contribution in [0.3, 0.4) is 0 Å². The monoisotopic (exact) mass is 472 g/mol. The van der Waals surface area contributed by atoms with Crippen LogP contribution in [-0.2, 0) is 11.3 Å². The molecule has 1 aliphatic rings. The van der Waals surface area contributed by atoms with Crippen LogP contribution in [0.2, 0.25) is 0 Å². The van der Waals surface area contributed by atoms with Crippen molar-refractivity contribution in [3.8, 4) is 22.9 Å². The third-order valence-electron chi connectivity index (χ3n) is 5.54. The molecule has 8 heteroatoms. The molecule has 0 bridgehead atoms. The smallest absolute Gasteiger partial charge is 0.237 e. The van der Waals surface area contributed by atoms with Crippen molar-refractivity contribution < 1.29 is 14.3 Å². The Morgan fingerprint density at radius 2 is 1.71 bits per heavy atom. The van der Waals surface area contributed by atoms with Gasteiger partial charge < -0.3 is 14.4 Å². The lowest BCUT2D eigenvalue weighted by Crippen LogP contribution is -2.32. The van der Waals surface area contributed by atoms with Crippen LogP contribution in [0.25, 0.3) is 11.4 Å². The van der Waals surface area contributed by atoms with Crippen LogP contribution in [0.15, 0.2) is 84.0 Å². The second-order valence-corrected chi connectivity index (χ2v) is 8.65. The number of hydrogen-bond acceptors (Lipinski definition) is 6. The van der Waals surface area contributed by atoms with Gasteiger partial charge in [-0.1, -0.05) is 66.4 Å².